The second-order valence-electron chi connectivity index (χ2n) is 17.4. The molecule has 8 unspecified atom stereocenters. The number of rotatable bonds is 42. The molecule has 67 heavy (non-hydrogen) atoms. The van der Waals surface area contributed by atoms with Gasteiger partial charge in [0, 0.05) is 12.8 Å². The Morgan fingerprint density at radius 3 is 1.25 bits per heavy atom. The van der Waals surface area contributed by atoms with Crippen LogP contribution in [0.5, 0.6) is 0 Å². The normalized spacial score (nSPS) is 21.8. The van der Waals surface area contributed by atoms with Gasteiger partial charge in [-0.3, -0.25) is 27.7 Å². The summed E-state index contributed by atoms with van der Waals surface area (Å²) in [6.07, 6.45) is 20.5. The average Bonchev–Trinajstić information content (AvgIpc) is 3.25. The van der Waals surface area contributed by atoms with Crippen LogP contribution in [0.4, 0.5) is 0 Å². The summed E-state index contributed by atoms with van der Waals surface area (Å²) in [5.41, 5.74) is 0. The molecule has 1 aliphatic rings. The maximum atomic E-state index is 13.1. The van der Waals surface area contributed by atoms with Crippen LogP contribution < -0.4 is 0 Å². The summed E-state index contributed by atoms with van der Waals surface area (Å²) < 4.78 is 65.5. The van der Waals surface area contributed by atoms with Crippen molar-refractivity contribution < 1.29 is 90.6 Å². The minimum Gasteiger partial charge on any atom is -0.462 e. The zero-order valence-electron chi connectivity index (χ0n) is 40.0. The number of hydrogen-bond acceptors (Lipinski definition) is 14. The number of phosphoric acid groups is 3. The molecule has 0 saturated heterocycles. The van der Waals surface area contributed by atoms with E-state index in [1.807, 2.05) is 0 Å². The topological polar surface area (TPSA) is 303 Å². The van der Waals surface area contributed by atoms with Crippen LogP contribution in [0, 0.1) is 0 Å². The Balaban J connectivity index is 2.72. The molecule has 0 radical (unpaired) electrons. The molecule has 1 aliphatic carbocycles. The van der Waals surface area contributed by atoms with Gasteiger partial charge in [-0.25, -0.2) is 13.7 Å². The fourth-order valence-electron chi connectivity index (χ4n) is 7.51. The largest absolute Gasteiger partial charge is 0.472 e. The van der Waals surface area contributed by atoms with Crippen LogP contribution in [-0.2, 0) is 50.9 Å². The van der Waals surface area contributed by atoms with Crippen molar-refractivity contribution in [3.63, 3.8) is 0 Å². The van der Waals surface area contributed by atoms with Gasteiger partial charge < -0.3 is 49.3 Å². The number of hydrogen-bond donors (Lipinski definition) is 8. The third-order valence-corrected chi connectivity index (χ3v) is 13.3. The van der Waals surface area contributed by atoms with Gasteiger partial charge in [0.05, 0.1) is 6.61 Å². The Bertz CT molecular complexity index is 1500. The summed E-state index contributed by atoms with van der Waals surface area (Å²) in [5, 5.41) is 31.9. The summed E-state index contributed by atoms with van der Waals surface area (Å²) in [4.78, 5) is 73.2. The Morgan fingerprint density at radius 1 is 0.463 bits per heavy atom. The summed E-state index contributed by atoms with van der Waals surface area (Å²) in [7, 11) is -16.6. The monoisotopic (exact) mass is 1020 g/mol. The molecule has 0 aromatic carbocycles. The summed E-state index contributed by atoms with van der Waals surface area (Å²) >= 11 is 0. The van der Waals surface area contributed by atoms with E-state index in [0.717, 1.165) is 89.9 Å². The molecule has 0 heterocycles. The predicted molar refractivity (Wildman–Crippen MR) is 252 cm³/mol. The van der Waals surface area contributed by atoms with E-state index in [1.165, 1.54) is 64.2 Å². The second kappa shape index (κ2) is 37.4. The first-order valence-corrected chi connectivity index (χ1v) is 29.2. The van der Waals surface area contributed by atoms with E-state index in [4.69, 9.17) is 18.5 Å². The van der Waals surface area contributed by atoms with Crippen molar-refractivity contribution in [1.29, 1.82) is 0 Å². The highest BCUT2D eigenvalue weighted by molar-refractivity contribution is 7.47. The zero-order chi connectivity index (χ0) is 50.0. The lowest BCUT2D eigenvalue weighted by molar-refractivity contribution is -0.213. The Morgan fingerprint density at radius 2 is 0.821 bits per heavy atom. The number of allylic oxidation sites excluding steroid dienone is 4. The van der Waals surface area contributed by atoms with Crippen LogP contribution >= 0.6 is 23.5 Å². The molecule has 22 heteroatoms. The van der Waals surface area contributed by atoms with Crippen LogP contribution in [0.25, 0.3) is 0 Å². The summed E-state index contributed by atoms with van der Waals surface area (Å²) in [5.74, 6) is -1.31. The van der Waals surface area contributed by atoms with E-state index in [-0.39, 0.29) is 12.8 Å². The van der Waals surface area contributed by atoms with Gasteiger partial charge in [0.25, 0.3) is 0 Å². The molecule has 0 aliphatic heterocycles. The first-order chi connectivity index (χ1) is 31.8. The molecule has 0 amide bonds. The van der Waals surface area contributed by atoms with Crippen molar-refractivity contribution in [2.75, 3.05) is 13.2 Å². The van der Waals surface area contributed by atoms with Crippen molar-refractivity contribution in [1.82, 2.24) is 0 Å². The van der Waals surface area contributed by atoms with Gasteiger partial charge in [0.1, 0.15) is 43.2 Å². The number of unbranched alkanes of at least 4 members (excludes halogenated alkanes) is 22. The molecule has 0 bridgehead atoms. The van der Waals surface area contributed by atoms with Gasteiger partial charge in [-0.15, -0.1) is 0 Å². The van der Waals surface area contributed by atoms with Crippen molar-refractivity contribution in [3.8, 4) is 0 Å². The Kier molecular flexibility index (Phi) is 35.5. The van der Waals surface area contributed by atoms with E-state index < -0.39 is 91.3 Å². The number of phosphoric ester groups is 3. The van der Waals surface area contributed by atoms with Crippen LogP contribution in [0.3, 0.4) is 0 Å². The van der Waals surface area contributed by atoms with Crippen LogP contribution in [0.1, 0.15) is 194 Å². The van der Waals surface area contributed by atoms with E-state index in [0.29, 0.717) is 12.8 Å². The van der Waals surface area contributed by atoms with Crippen LogP contribution in [0.15, 0.2) is 24.3 Å². The highest BCUT2D eigenvalue weighted by Gasteiger charge is 2.56. The third-order valence-electron chi connectivity index (χ3n) is 11.2. The van der Waals surface area contributed by atoms with Gasteiger partial charge in [0.2, 0.25) is 0 Å². The summed E-state index contributed by atoms with van der Waals surface area (Å²) in [6, 6.07) is 0. The molecule has 8 N–H and O–H groups in total. The molecule has 1 rings (SSSR count). The fourth-order valence-corrected chi connectivity index (χ4v) is 9.61. The lowest BCUT2D eigenvalue weighted by Crippen LogP contribution is -2.65. The highest BCUT2D eigenvalue weighted by Crippen LogP contribution is 2.51. The molecular weight excluding hydrogens is 937 g/mol. The number of carbonyl (C=O) groups is 2. The van der Waals surface area contributed by atoms with E-state index in [9.17, 15) is 63.1 Å². The van der Waals surface area contributed by atoms with Gasteiger partial charge in [-0.05, 0) is 64.2 Å². The van der Waals surface area contributed by atoms with Gasteiger partial charge in [0.15, 0.2) is 6.10 Å². The lowest BCUT2D eigenvalue weighted by atomic mass is 9.85. The minimum atomic E-state index is -5.60. The fraction of sp³-hybridized carbons (Fsp3) is 0.867. The predicted octanol–water partition coefficient (Wildman–Crippen LogP) is 9.07. The molecule has 1 fully saturated rings. The van der Waals surface area contributed by atoms with Crippen molar-refractivity contribution in [3.05, 3.63) is 24.3 Å². The molecule has 1 saturated carbocycles. The SMILES string of the molecule is CCCCCCC=CCCCCCCCCCC(=O)OC(COC(=O)CCCCCCCC=CCCCCCCCC)COP(=O)(O)OC1C(O)C(O)C(OP(=O)(O)O)C(OP(=O)(O)O)C1O. The smallest absolute Gasteiger partial charge is 0.462 e. The minimum absolute atomic E-state index is 0.00709. The molecule has 19 nitrogen and oxygen atoms in total. The van der Waals surface area contributed by atoms with Gasteiger partial charge in [-0.2, -0.15) is 0 Å². The van der Waals surface area contributed by atoms with E-state index >= 15 is 0 Å². The maximum Gasteiger partial charge on any atom is 0.472 e. The molecule has 0 aromatic rings. The lowest BCUT2D eigenvalue weighted by Gasteiger charge is -2.44. The standard InChI is InChI=1S/C45H85O19P3/c1-3-5-7-9-11-13-15-17-19-21-23-25-27-29-31-33-38(46)59-35-37(61-39(47)34-32-30-28-26-24-22-20-18-16-14-12-10-8-6-4-2)36-60-67(57,58)64-43-40(48)41(49)44(62-65(51,52)53)45(42(43)50)63-66(54,55)56/h14,16-17,19,37,40-45,48-50H,3-13,15,18,20-36H2,1-2H3,(H,57,58)(H2,51,52,53)(H2,54,55,56). The quantitative estimate of drug-likeness (QED) is 0.0122. The third kappa shape index (κ3) is 33.8. The second-order valence-corrected chi connectivity index (χ2v) is 21.2. The van der Waals surface area contributed by atoms with Crippen molar-refractivity contribution in [2.45, 2.75) is 236 Å². The van der Waals surface area contributed by atoms with Crippen LogP contribution in [-0.4, -0.2) is 108 Å². The first-order valence-electron chi connectivity index (χ1n) is 24.6. The Hall–Kier alpha value is -1.37. The van der Waals surface area contributed by atoms with Gasteiger partial charge in [-0.1, -0.05) is 141 Å². The van der Waals surface area contributed by atoms with Crippen molar-refractivity contribution in [2.24, 2.45) is 0 Å². The molecular formula is C45H85O19P3. The first kappa shape index (κ1) is 63.6. The number of esters is 2. The number of carbonyl (C=O) groups excluding carboxylic acids is 2. The number of aliphatic hydroxyl groups excluding tert-OH is 3. The van der Waals surface area contributed by atoms with Crippen LogP contribution in [0.2, 0.25) is 0 Å². The number of aliphatic hydroxyl groups is 3. The van der Waals surface area contributed by atoms with E-state index in [1.54, 1.807) is 0 Å². The Labute approximate surface area is 398 Å². The van der Waals surface area contributed by atoms with E-state index in [2.05, 4.69) is 47.2 Å². The molecule has 0 spiro atoms. The molecule has 8 atom stereocenters. The zero-order valence-corrected chi connectivity index (χ0v) is 42.7. The molecule has 394 valence electrons. The number of ether oxygens (including phenoxy) is 2. The van der Waals surface area contributed by atoms with Crippen molar-refractivity contribution >= 4 is 35.4 Å². The summed E-state index contributed by atoms with van der Waals surface area (Å²) in [6.45, 7) is 2.93. The maximum absolute atomic E-state index is 13.1. The highest BCUT2D eigenvalue weighted by atomic mass is 31.2. The average molecular weight is 1020 g/mol. The molecule has 0 aromatic heterocycles. The van der Waals surface area contributed by atoms with Gasteiger partial charge >= 0.3 is 35.4 Å².